The van der Waals surface area contributed by atoms with Gasteiger partial charge in [-0.3, -0.25) is 9.59 Å². The number of hydrogen-bond donors (Lipinski definition) is 1. The van der Waals surface area contributed by atoms with Gasteiger partial charge in [0, 0.05) is 10.2 Å². The molecule has 0 unspecified atom stereocenters. The van der Waals surface area contributed by atoms with Crippen LogP contribution < -0.4 is 10.1 Å². The minimum atomic E-state index is -0.288. The first-order valence-corrected chi connectivity index (χ1v) is 6.71. The van der Waals surface area contributed by atoms with Crippen molar-refractivity contribution in [1.29, 1.82) is 0 Å². The first-order valence-electron chi connectivity index (χ1n) is 5.91. The summed E-state index contributed by atoms with van der Waals surface area (Å²) in [7, 11) is 0. The summed E-state index contributed by atoms with van der Waals surface area (Å²) in [6, 6.07) is 14.0. The Bertz CT molecular complexity index is 628. The Balaban J connectivity index is 1.94. The minimum absolute atomic E-state index is 0.155. The van der Waals surface area contributed by atoms with Gasteiger partial charge in [-0.1, -0.05) is 34.1 Å². The van der Waals surface area contributed by atoms with E-state index in [-0.39, 0.29) is 12.5 Å². The Morgan fingerprint density at radius 1 is 1.20 bits per heavy atom. The van der Waals surface area contributed by atoms with Gasteiger partial charge in [0.05, 0.1) is 5.56 Å². The van der Waals surface area contributed by atoms with Crippen LogP contribution in [0.15, 0.2) is 53.0 Å². The number of anilines is 1. The lowest BCUT2D eigenvalue weighted by atomic mass is 10.2. The van der Waals surface area contributed by atoms with Crippen LogP contribution in [0.4, 0.5) is 5.69 Å². The van der Waals surface area contributed by atoms with Crippen LogP contribution in [0.25, 0.3) is 0 Å². The molecule has 0 fully saturated rings. The topological polar surface area (TPSA) is 55.4 Å². The van der Waals surface area contributed by atoms with Gasteiger partial charge < -0.3 is 10.1 Å². The van der Waals surface area contributed by atoms with E-state index in [1.54, 1.807) is 36.4 Å². The summed E-state index contributed by atoms with van der Waals surface area (Å²) in [5.74, 6) is 0.107. The van der Waals surface area contributed by atoms with Crippen LogP contribution >= 0.6 is 15.9 Å². The highest BCUT2D eigenvalue weighted by atomic mass is 79.9. The maximum Gasteiger partial charge on any atom is 0.262 e. The van der Waals surface area contributed by atoms with Crippen LogP contribution in [0.5, 0.6) is 5.75 Å². The first kappa shape index (κ1) is 14.3. The molecule has 2 aromatic rings. The Morgan fingerprint density at radius 2 is 2.00 bits per heavy atom. The summed E-state index contributed by atoms with van der Waals surface area (Å²) in [5.41, 5.74) is 1.10. The molecule has 102 valence electrons. The molecule has 0 spiro atoms. The molecular formula is C15H12BrNO3. The molecule has 0 bridgehead atoms. The molecule has 5 heteroatoms. The molecule has 0 aliphatic heterocycles. The Kier molecular flexibility index (Phi) is 4.90. The molecule has 0 aliphatic carbocycles. The molecule has 0 radical (unpaired) electrons. The Labute approximate surface area is 124 Å². The fraction of sp³-hybridized carbons (Fsp3) is 0.0667. The second kappa shape index (κ2) is 6.86. The molecule has 1 amide bonds. The first-order chi connectivity index (χ1) is 9.69. The van der Waals surface area contributed by atoms with Crippen LogP contribution in [-0.2, 0) is 4.79 Å². The lowest BCUT2D eigenvalue weighted by Crippen LogP contribution is -2.20. The van der Waals surface area contributed by atoms with Crippen molar-refractivity contribution < 1.29 is 14.3 Å². The maximum absolute atomic E-state index is 11.8. The molecule has 2 rings (SSSR count). The van der Waals surface area contributed by atoms with Crippen LogP contribution in [0.3, 0.4) is 0 Å². The second-order valence-electron chi connectivity index (χ2n) is 4.00. The van der Waals surface area contributed by atoms with Gasteiger partial charge in [-0.05, 0) is 30.3 Å². The highest BCUT2D eigenvalue weighted by Crippen LogP contribution is 2.17. The molecule has 0 saturated heterocycles. The van der Waals surface area contributed by atoms with Crippen molar-refractivity contribution in [2.24, 2.45) is 0 Å². The SMILES string of the molecule is O=Cc1ccccc1OCC(=O)Nc1cccc(Br)c1. The summed E-state index contributed by atoms with van der Waals surface area (Å²) in [4.78, 5) is 22.6. The Morgan fingerprint density at radius 3 is 2.75 bits per heavy atom. The van der Waals surface area contributed by atoms with E-state index in [4.69, 9.17) is 4.74 Å². The van der Waals surface area contributed by atoms with Gasteiger partial charge in [0.2, 0.25) is 0 Å². The van der Waals surface area contributed by atoms with E-state index in [1.165, 1.54) is 0 Å². The van der Waals surface area contributed by atoms with Crippen LogP contribution in [-0.4, -0.2) is 18.8 Å². The van der Waals surface area contributed by atoms with Crippen molar-refractivity contribution in [2.75, 3.05) is 11.9 Å². The molecule has 4 nitrogen and oxygen atoms in total. The summed E-state index contributed by atoms with van der Waals surface area (Å²) in [6.45, 7) is -0.155. The molecule has 1 N–H and O–H groups in total. The highest BCUT2D eigenvalue weighted by molar-refractivity contribution is 9.10. The maximum atomic E-state index is 11.8. The third-order valence-corrected chi connectivity index (χ3v) is 3.01. The van der Waals surface area contributed by atoms with Crippen molar-refractivity contribution in [3.8, 4) is 5.75 Å². The number of para-hydroxylation sites is 1. The van der Waals surface area contributed by atoms with E-state index in [0.29, 0.717) is 23.3 Å². The summed E-state index contributed by atoms with van der Waals surface area (Å²) in [6.07, 6.45) is 0.696. The van der Waals surface area contributed by atoms with Crippen molar-refractivity contribution in [3.63, 3.8) is 0 Å². The third kappa shape index (κ3) is 3.93. The van der Waals surface area contributed by atoms with Crippen molar-refractivity contribution in [2.45, 2.75) is 0 Å². The van der Waals surface area contributed by atoms with Crippen LogP contribution in [0.2, 0.25) is 0 Å². The number of amides is 1. The van der Waals surface area contributed by atoms with E-state index in [0.717, 1.165) is 4.47 Å². The third-order valence-electron chi connectivity index (χ3n) is 2.51. The number of rotatable bonds is 5. The Hall–Kier alpha value is -2.14. The number of hydrogen-bond acceptors (Lipinski definition) is 3. The van der Waals surface area contributed by atoms with E-state index < -0.39 is 0 Å². The lowest BCUT2D eigenvalue weighted by Gasteiger charge is -2.09. The average Bonchev–Trinajstić information content (AvgIpc) is 2.45. The minimum Gasteiger partial charge on any atom is -0.483 e. The van der Waals surface area contributed by atoms with Crippen molar-refractivity contribution in [1.82, 2.24) is 0 Å². The van der Waals surface area contributed by atoms with Crippen molar-refractivity contribution in [3.05, 3.63) is 58.6 Å². The van der Waals surface area contributed by atoms with E-state index in [2.05, 4.69) is 21.2 Å². The zero-order valence-corrected chi connectivity index (χ0v) is 12.1. The highest BCUT2D eigenvalue weighted by Gasteiger charge is 2.06. The summed E-state index contributed by atoms with van der Waals surface area (Å²) < 4.78 is 6.21. The van der Waals surface area contributed by atoms with Crippen molar-refractivity contribution >= 4 is 33.8 Å². The van der Waals surface area contributed by atoms with Gasteiger partial charge in [-0.2, -0.15) is 0 Å². The molecule has 2 aromatic carbocycles. The fourth-order valence-corrected chi connectivity index (χ4v) is 2.02. The molecule has 0 atom stereocenters. The molecule has 0 saturated carbocycles. The van der Waals surface area contributed by atoms with Gasteiger partial charge in [0.15, 0.2) is 12.9 Å². The zero-order chi connectivity index (χ0) is 14.4. The number of carbonyl (C=O) groups excluding carboxylic acids is 2. The second-order valence-corrected chi connectivity index (χ2v) is 4.92. The van der Waals surface area contributed by atoms with Gasteiger partial charge in [-0.25, -0.2) is 0 Å². The van der Waals surface area contributed by atoms with Gasteiger partial charge in [0.25, 0.3) is 5.91 Å². The normalized spacial score (nSPS) is 9.85. The smallest absolute Gasteiger partial charge is 0.262 e. The van der Waals surface area contributed by atoms with E-state index in [1.807, 2.05) is 12.1 Å². The average molecular weight is 334 g/mol. The zero-order valence-electron chi connectivity index (χ0n) is 10.5. The monoisotopic (exact) mass is 333 g/mol. The largest absolute Gasteiger partial charge is 0.483 e. The predicted molar refractivity (Wildman–Crippen MR) is 80.1 cm³/mol. The molecule has 0 aliphatic rings. The van der Waals surface area contributed by atoms with Gasteiger partial charge in [-0.15, -0.1) is 0 Å². The number of aldehydes is 1. The number of carbonyl (C=O) groups is 2. The van der Waals surface area contributed by atoms with Crippen LogP contribution in [0.1, 0.15) is 10.4 Å². The number of benzene rings is 2. The number of ether oxygens (including phenoxy) is 1. The van der Waals surface area contributed by atoms with Gasteiger partial charge in [0.1, 0.15) is 5.75 Å². The number of nitrogens with one attached hydrogen (secondary N) is 1. The summed E-state index contributed by atoms with van der Waals surface area (Å²) in [5, 5.41) is 2.71. The van der Waals surface area contributed by atoms with E-state index >= 15 is 0 Å². The summed E-state index contributed by atoms with van der Waals surface area (Å²) >= 11 is 3.33. The van der Waals surface area contributed by atoms with Crippen LogP contribution in [0, 0.1) is 0 Å². The molecular weight excluding hydrogens is 322 g/mol. The predicted octanol–water partition coefficient (Wildman–Crippen LogP) is 3.28. The molecule has 20 heavy (non-hydrogen) atoms. The standard InChI is InChI=1S/C15H12BrNO3/c16-12-5-3-6-13(8-12)17-15(19)10-20-14-7-2-1-4-11(14)9-18/h1-9H,10H2,(H,17,19). The van der Waals surface area contributed by atoms with Gasteiger partial charge >= 0.3 is 0 Å². The van der Waals surface area contributed by atoms with E-state index in [9.17, 15) is 9.59 Å². The molecule has 0 heterocycles. The number of halogens is 1. The fourth-order valence-electron chi connectivity index (χ4n) is 1.62. The lowest BCUT2D eigenvalue weighted by molar-refractivity contribution is -0.118. The quantitative estimate of drug-likeness (QED) is 0.854. The molecule has 0 aromatic heterocycles.